The molecule has 0 aliphatic carbocycles. The van der Waals surface area contributed by atoms with Gasteiger partial charge in [0.1, 0.15) is 11.6 Å². The lowest BCUT2D eigenvalue weighted by Gasteiger charge is -2.43. The number of anilines is 2. The first-order valence-corrected chi connectivity index (χ1v) is 8.31. The van der Waals surface area contributed by atoms with E-state index in [0.717, 1.165) is 49.5 Å². The van der Waals surface area contributed by atoms with E-state index >= 15 is 0 Å². The number of hydrogen-bond acceptors (Lipinski definition) is 6. The minimum absolute atomic E-state index is 0.0374. The highest BCUT2D eigenvalue weighted by molar-refractivity contribution is 7.98. The summed E-state index contributed by atoms with van der Waals surface area (Å²) in [4.78, 5) is 11.5. The van der Waals surface area contributed by atoms with Crippen molar-refractivity contribution in [2.45, 2.75) is 37.9 Å². The molecule has 1 fully saturated rings. The molecular weight excluding hydrogens is 272 g/mol. The number of nitrogens with one attached hydrogen (secondary N) is 1. The first-order chi connectivity index (χ1) is 9.56. The first kappa shape index (κ1) is 15.4. The van der Waals surface area contributed by atoms with E-state index in [2.05, 4.69) is 41.0 Å². The van der Waals surface area contributed by atoms with Gasteiger partial charge in [0.25, 0.3) is 0 Å². The van der Waals surface area contributed by atoms with Crippen LogP contribution in [0.15, 0.2) is 11.2 Å². The average Bonchev–Trinajstić information content (AvgIpc) is 2.44. The summed E-state index contributed by atoms with van der Waals surface area (Å²) in [6, 6.07) is 2.04. The minimum Gasteiger partial charge on any atom is -0.377 e. The van der Waals surface area contributed by atoms with Crippen LogP contribution in [0.1, 0.15) is 27.2 Å². The molecule has 0 amide bonds. The van der Waals surface area contributed by atoms with E-state index in [9.17, 15) is 0 Å². The van der Waals surface area contributed by atoms with Crippen molar-refractivity contribution in [3.8, 4) is 0 Å². The van der Waals surface area contributed by atoms with Crippen molar-refractivity contribution in [2.24, 2.45) is 0 Å². The molecule has 112 valence electrons. The Kier molecular flexibility index (Phi) is 5.10. The van der Waals surface area contributed by atoms with Crippen molar-refractivity contribution >= 4 is 23.4 Å². The van der Waals surface area contributed by atoms with E-state index in [0.29, 0.717) is 0 Å². The van der Waals surface area contributed by atoms with Crippen LogP contribution < -0.4 is 10.2 Å². The Hall–Kier alpha value is -1.01. The predicted molar refractivity (Wildman–Crippen MR) is 84.8 cm³/mol. The molecule has 2 heterocycles. The van der Waals surface area contributed by atoms with Gasteiger partial charge in [-0.3, -0.25) is 0 Å². The average molecular weight is 296 g/mol. The minimum atomic E-state index is -0.0374. The van der Waals surface area contributed by atoms with E-state index in [4.69, 9.17) is 4.74 Å². The molecule has 0 spiro atoms. The Morgan fingerprint density at radius 1 is 1.45 bits per heavy atom. The molecule has 0 bridgehead atoms. The lowest BCUT2D eigenvalue weighted by atomic mass is 10.0. The van der Waals surface area contributed by atoms with E-state index in [-0.39, 0.29) is 5.54 Å². The van der Waals surface area contributed by atoms with Crippen LogP contribution in [0.25, 0.3) is 0 Å². The van der Waals surface area contributed by atoms with Crippen LogP contribution in [0.4, 0.5) is 11.6 Å². The molecule has 0 atom stereocenters. The molecule has 5 nitrogen and oxygen atoms in total. The van der Waals surface area contributed by atoms with Crippen molar-refractivity contribution in [2.75, 3.05) is 42.8 Å². The maximum absolute atomic E-state index is 5.58. The van der Waals surface area contributed by atoms with Gasteiger partial charge in [0.15, 0.2) is 5.16 Å². The summed E-state index contributed by atoms with van der Waals surface area (Å²) in [7, 11) is 0. The molecule has 1 aliphatic heterocycles. The third-order valence-electron chi connectivity index (χ3n) is 3.35. The predicted octanol–water partition coefficient (Wildman–Crippen LogP) is 2.64. The van der Waals surface area contributed by atoms with Crippen molar-refractivity contribution < 1.29 is 4.74 Å². The molecule has 6 heteroatoms. The Balaban J connectivity index is 2.29. The fraction of sp³-hybridized carbons (Fsp3) is 0.714. The van der Waals surface area contributed by atoms with Crippen LogP contribution >= 0.6 is 11.8 Å². The molecule has 1 aromatic heterocycles. The fourth-order valence-electron chi connectivity index (χ4n) is 2.27. The van der Waals surface area contributed by atoms with Crippen LogP contribution in [0, 0.1) is 0 Å². The Bertz CT molecular complexity index is 453. The number of thioether (sulfide) groups is 1. The number of aromatic nitrogens is 2. The quantitative estimate of drug-likeness (QED) is 0.666. The van der Waals surface area contributed by atoms with Crippen LogP contribution in [-0.4, -0.2) is 48.1 Å². The molecule has 0 aromatic carbocycles. The molecule has 0 saturated carbocycles. The maximum atomic E-state index is 5.58. The molecule has 20 heavy (non-hydrogen) atoms. The zero-order chi connectivity index (χ0) is 14.6. The summed E-state index contributed by atoms with van der Waals surface area (Å²) < 4.78 is 5.58. The number of ether oxygens (including phenoxy) is 1. The second kappa shape index (κ2) is 6.63. The van der Waals surface area contributed by atoms with Crippen molar-refractivity contribution in [1.82, 2.24) is 9.97 Å². The third-order valence-corrected chi connectivity index (χ3v) is 3.90. The fourth-order valence-corrected chi connectivity index (χ4v) is 2.64. The second-order valence-corrected chi connectivity index (χ2v) is 6.31. The third kappa shape index (κ3) is 3.55. The normalized spacial score (nSPS) is 18.1. The number of hydrogen-bond donors (Lipinski definition) is 1. The summed E-state index contributed by atoms with van der Waals surface area (Å²) >= 11 is 1.57. The van der Waals surface area contributed by atoms with Gasteiger partial charge in [0.2, 0.25) is 0 Å². The van der Waals surface area contributed by atoms with Gasteiger partial charge in [-0.1, -0.05) is 18.7 Å². The highest BCUT2D eigenvalue weighted by Crippen LogP contribution is 2.28. The Labute approximate surface area is 125 Å². The van der Waals surface area contributed by atoms with E-state index in [1.54, 1.807) is 11.8 Å². The van der Waals surface area contributed by atoms with Crippen molar-refractivity contribution in [3.05, 3.63) is 6.07 Å². The zero-order valence-electron chi connectivity index (χ0n) is 12.8. The van der Waals surface area contributed by atoms with Gasteiger partial charge in [-0.05, 0) is 26.5 Å². The molecule has 1 N–H and O–H groups in total. The molecule has 0 radical (unpaired) electrons. The van der Waals surface area contributed by atoms with Gasteiger partial charge in [-0.15, -0.1) is 0 Å². The van der Waals surface area contributed by atoms with E-state index in [1.165, 1.54) is 0 Å². The Morgan fingerprint density at radius 2 is 2.25 bits per heavy atom. The van der Waals surface area contributed by atoms with Crippen molar-refractivity contribution in [1.29, 1.82) is 0 Å². The summed E-state index contributed by atoms with van der Waals surface area (Å²) in [5.74, 6) is 1.89. The second-order valence-electron chi connectivity index (χ2n) is 5.54. The summed E-state index contributed by atoms with van der Waals surface area (Å²) in [6.45, 7) is 9.79. The molecule has 2 rings (SSSR count). The highest BCUT2D eigenvalue weighted by atomic mass is 32.2. The summed E-state index contributed by atoms with van der Waals surface area (Å²) in [5, 5.41) is 4.16. The van der Waals surface area contributed by atoms with Gasteiger partial charge in [0.05, 0.1) is 18.8 Å². The summed E-state index contributed by atoms with van der Waals surface area (Å²) in [6.07, 6.45) is 3.09. The molecule has 1 aromatic rings. The lowest BCUT2D eigenvalue weighted by Crippen LogP contribution is -2.53. The van der Waals surface area contributed by atoms with Gasteiger partial charge in [-0.25, -0.2) is 9.97 Å². The molecule has 1 saturated heterocycles. The van der Waals surface area contributed by atoms with Crippen molar-refractivity contribution in [3.63, 3.8) is 0 Å². The molecule has 1 aliphatic rings. The Morgan fingerprint density at radius 3 is 2.90 bits per heavy atom. The zero-order valence-corrected chi connectivity index (χ0v) is 13.6. The van der Waals surface area contributed by atoms with Gasteiger partial charge in [-0.2, -0.15) is 0 Å². The largest absolute Gasteiger partial charge is 0.377 e. The SMILES string of the molecule is CCCNc1cc(N2CCOCC2(C)C)nc(SC)n1. The van der Waals surface area contributed by atoms with Crippen LogP contribution in [0.3, 0.4) is 0 Å². The highest BCUT2D eigenvalue weighted by Gasteiger charge is 2.32. The summed E-state index contributed by atoms with van der Waals surface area (Å²) in [5.41, 5.74) is -0.0374. The van der Waals surface area contributed by atoms with Gasteiger partial charge < -0.3 is 15.0 Å². The van der Waals surface area contributed by atoms with Crippen LogP contribution in [0.5, 0.6) is 0 Å². The smallest absolute Gasteiger partial charge is 0.191 e. The topological polar surface area (TPSA) is 50.3 Å². The monoisotopic (exact) mass is 296 g/mol. The first-order valence-electron chi connectivity index (χ1n) is 7.09. The number of morpholine rings is 1. The number of nitrogens with zero attached hydrogens (tertiary/aromatic N) is 3. The lowest BCUT2D eigenvalue weighted by molar-refractivity contribution is 0.0638. The van der Waals surface area contributed by atoms with Gasteiger partial charge >= 0.3 is 0 Å². The van der Waals surface area contributed by atoms with E-state index in [1.807, 2.05) is 12.3 Å². The molecular formula is C14H24N4OS. The van der Waals surface area contributed by atoms with E-state index < -0.39 is 0 Å². The van der Waals surface area contributed by atoms with Crippen LogP contribution in [-0.2, 0) is 4.74 Å². The number of rotatable bonds is 5. The molecule has 0 unspecified atom stereocenters. The standard InChI is InChI=1S/C14H24N4OS/c1-5-6-15-11-9-12(17-13(16-11)20-4)18-7-8-19-10-14(18,2)3/h9H,5-8,10H2,1-4H3,(H,15,16,17). The maximum Gasteiger partial charge on any atom is 0.191 e. The van der Waals surface area contributed by atoms with Gasteiger partial charge in [0, 0.05) is 19.2 Å². The van der Waals surface area contributed by atoms with Crippen LogP contribution in [0.2, 0.25) is 0 Å².